The van der Waals surface area contributed by atoms with Gasteiger partial charge < -0.3 is 9.15 Å². The summed E-state index contributed by atoms with van der Waals surface area (Å²) >= 11 is 1.47. The van der Waals surface area contributed by atoms with Gasteiger partial charge in [0.25, 0.3) is 0 Å². The monoisotopic (exact) mass is 418 g/mol. The van der Waals surface area contributed by atoms with Crippen LogP contribution in [0.25, 0.3) is 32.3 Å². The summed E-state index contributed by atoms with van der Waals surface area (Å²) in [4.78, 5) is 21.4. The second-order valence-electron chi connectivity index (χ2n) is 6.89. The van der Waals surface area contributed by atoms with Gasteiger partial charge >= 0.3 is 5.63 Å². The zero-order valence-electron chi connectivity index (χ0n) is 15.9. The van der Waals surface area contributed by atoms with E-state index < -0.39 is 5.63 Å². The van der Waals surface area contributed by atoms with Crippen molar-refractivity contribution in [2.24, 2.45) is 0 Å². The molecule has 0 aliphatic rings. The van der Waals surface area contributed by atoms with Gasteiger partial charge in [0.15, 0.2) is 0 Å². The molecule has 0 saturated carbocycles. The first kappa shape index (κ1) is 18.4. The molecule has 0 bridgehead atoms. The Bertz CT molecular complexity index is 1440. The SMILES string of the molecule is Cc1ccc2c(COc3ncnc4scc(-c5ccc(F)cc5)c34)cc(=O)oc2c1. The molecular formula is C23H15FN2O3S. The number of benzene rings is 2. The predicted molar refractivity (Wildman–Crippen MR) is 114 cm³/mol. The summed E-state index contributed by atoms with van der Waals surface area (Å²) in [6.45, 7) is 2.09. The van der Waals surface area contributed by atoms with Crippen LogP contribution in [-0.2, 0) is 6.61 Å². The first-order valence-corrected chi connectivity index (χ1v) is 10.1. The Labute approximate surface area is 174 Å². The molecule has 0 atom stereocenters. The van der Waals surface area contributed by atoms with Crippen LogP contribution >= 0.6 is 11.3 Å². The zero-order chi connectivity index (χ0) is 20.7. The molecule has 5 aromatic rings. The van der Waals surface area contributed by atoms with Crippen molar-refractivity contribution in [2.45, 2.75) is 13.5 Å². The molecule has 0 N–H and O–H groups in total. The summed E-state index contributed by atoms with van der Waals surface area (Å²) in [5.41, 5.74) is 3.54. The van der Waals surface area contributed by atoms with Crippen LogP contribution in [0.1, 0.15) is 11.1 Å². The van der Waals surface area contributed by atoms with Crippen molar-refractivity contribution < 1.29 is 13.5 Å². The van der Waals surface area contributed by atoms with Crippen molar-refractivity contribution in [3.63, 3.8) is 0 Å². The molecule has 3 aromatic heterocycles. The maximum atomic E-state index is 13.3. The topological polar surface area (TPSA) is 65.2 Å². The summed E-state index contributed by atoms with van der Waals surface area (Å²) in [6, 6.07) is 13.4. The lowest BCUT2D eigenvalue weighted by Crippen LogP contribution is -2.05. The normalized spacial score (nSPS) is 11.3. The number of aryl methyl sites for hydroxylation is 1. The van der Waals surface area contributed by atoms with Gasteiger partial charge in [-0.05, 0) is 36.2 Å². The molecule has 148 valence electrons. The highest BCUT2D eigenvalue weighted by Crippen LogP contribution is 2.37. The fraction of sp³-hybridized carbons (Fsp3) is 0.0870. The minimum Gasteiger partial charge on any atom is -0.472 e. The Hall–Kier alpha value is -3.58. The van der Waals surface area contributed by atoms with Gasteiger partial charge in [-0.3, -0.25) is 0 Å². The maximum Gasteiger partial charge on any atom is 0.336 e. The summed E-state index contributed by atoms with van der Waals surface area (Å²) < 4.78 is 24.7. The average molecular weight is 418 g/mol. The summed E-state index contributed by atoms with van der Waals surface area (Å²) in [5.74, 6) is 0.116. The van der Waals surface area contributed by atoms with Crippen LogP contribution in [0.5, 0.6) is 5.88 Å². The number of fused-ring (bicyclic) bond motifs is 2. The van der Waals surface area contributed by atoms with Crippen molar-refractivity contribution in [1.29, 1.82) is 0 Å². The Balaban J connectivity index is 1.55. The smallest absolute Gasteiger partial charge is 0.336 e. The van der Waals surface area contributed by atoms with E-state index in [1.165, 1.54) is 35.9 Å². The first-order valence-electron chi connectivity index (χ1n) is 9.23. The highest BCUT2D eigenvalue weighted by Gasteiger charge is 2.15. The highest BCUT2D eigenvalue weighted by atomic mass is 32.1. The highest BCUT2D eigenvalue weighted by molar-refractivity contribution is 7.17. The van der Waals surface area contributed by atoms with Gasteiger partial charge in [-0.15, -0.1) is 11.3 Å². The van der Waals surface area contributed by atoms with E-state index in [0.717, 1.165) is 32.3 Å². The molecule has 0 unspecified atom stereocenters. The molecule has 2 aromatic carbocycles. The van der Waals surface area contributed by atoms with Gasteiger partial charge in [0, 0.05) is 28.0 Å². The first-order chi connectivity index (χ1) is 14.6. The summed E-state index contributed by atoms with van der Waals surface area (Å²) in [7, 11) is 0. The lowest BCUT2D eigenvalue weighted by atomic mass is 10.1. The van der Waals surface area contributed by atoms with Crippen molar-refractivity contribution in [1.82, 2.24) is 9.97 Å². The van der Waals surface area contributed by atoms with Crippen LogP contribution in [-0.4, -0.2) is 9.97 Å². The van der Waals surface area contributed by atoms with E-state index >= 15 is 0 Å². The standard InChI is InChI=1S/C23H15FN2O3S/c1-13-2-7-17-15(9-20(27)29-19(17)8-13)10-28-22-21-18(11-30-23(21)26-12-25-22)14-3-5-16(24)6-4-14/h2-9,11-12H,10H2,1H3. The van der Waals surface area contributed by atoms with Crippen LogP contribution in [0, 0.1) is 12.7 Å². The van der Waals surface area contributed by atoms with E-state index in [2.05, 4.69) is 9.97 Å². The second kappa shape index (κ2) is 7.35. The van der Waals surface area contributed by atoms with Crippen LogP contribution < -0.4 is 10.4 Å². The molecule has 5 nitrogen and oxygen atoms in total. The molecule has 0 radical (unpaired) electrons. The molecule has 0 amide bonds. The number of nitrogens with zero attached hydrogens (tertiary/aromatic N) is 2. The number of hydrogen-bond acceptors (Lipinski definition) is 6. The van der Waals surface area contributed by atoms with Gasteiger partial charge in [-0.25, -0.2) is 19.2 Å². The van der Waals surface area contributed by atoms with Crippen molar-refractivity contribution >= 4 is 32.5 Å². The molecule has 0 aliphatic heterocycles. The molecule has 0 aliphatic carbocycles. The van der Waals surface area contributed by atoms with E-state index in [1.807, 2.05) is 30.5 Å². The van der Waals surface area contributed by atoms with Crippen LogP contribution in [0.4, 0.5) is 4.39 Å². The van der Waals surface area contributed by atoms with E-state index in [9.17, 15) is 9.18 Å². The Kier molecular flexibility index (Phi) is 4.52. The third-order valence-electron chi connectivity index (χ3n) is 4.84. The number of thiophene rings is 1. The third-order valence-corrected chi connectivity index (χ3v) is 5.73. The molecule has 0 fully saturated rings. The molecule has 3 heterocycles. The van der Waals surface area contributed by atoms with E-state index in [0.29, 0.717) is 17.0 Å². The number of ether oxygens (including phenoxy) is 1. The zero-order valence-corrected chi connectivity index (χ0v) is 16.7. The Morgan fingerprint density at radius 3 is 2.77 bits per heavy atom. The molecular weight excluding hydrogens is 403 g/mol. The minimum absolute atomic E-state index is 0.149. The predicted octanol–water partition coefficient (Wildman–Crippen LogP) is 5.49. The van der Waals surface area contributed by atoms with Crippen LogP contribution in [0.2, 0.25) is 0 Å². The van der Waals surface area contributed by atoms with Gasteiger partial charge in [-0.1, -0.05) is 24.3 Å². The van der Waals surface area contributed by atoms with E-state index in [1.54, 1.807) is 12.1 Å². The molecule has 5 rings (SSSR count). The second-order valence-corrected chi connectivity index (χ2v) is 7.75. The maximum absolute atomic E-state index is 13.3. The fourth-order valence-electron chi connectivity index (χ4n) is 3.40. The number of rotatable bonds is 4. The average Bonchev–Trinajstić information content (AvgIpc) is 3.17. The van der Waals surface area contributed by atoms with Crippen molar-refractivity contribution in [3.05, 3.63) is 87.6 Å². The minimum atomic E-state index is -0.429. The molecule has 0 spiro atoms. The van der Waals surface area contributed by atoms with E-state index in [-0.39, 0.29) is 12.4 Å². The number of aromatic nitrogens is 2. The summed E-state index contributed by atoms with van der Waals surface area (Å²) in [6.07, 6.45) is 1.45. The van der Waals surface area contributed by atoms with Crippen LogP contribution in [0.3, 0.4) is 0 Å². The van der Waals surface area contributed by atoms with Crippen molar-refractivity contribution in [3.8, 4) is 17.0 Å². The largest absolute Gasteiger partial charge is 0.472 e. The lowest BCUT2D eigenvalue weighted by Gasteiger charge is -2.10. The van der Waals surface area contributed by atoms with Gasteiger partial charge in [0.2, 0.25) is 5.88 Å². The number of halogens is 1. The van der Waals surface area contributed by atoms with E-state index in [4.69, 9.17) is 9.15 Å². The molecule has 7 heteroatoms. The van der Waals surface area contributed by atoms with Gasteiger partial charge in [0.1, 0.15) is 29.2 Å². The fourth-order valence-corrected chi connectivity index (χ4v) is 4.31. The quantitative estimate of drug-likeness (QED) is 0.361. The van der Waals surface area contributed by atoms with Crippen LogP contribution in [0.15, 0.2) is 69.5 Å². The number of hydrogen-bond donors (Lipinski definition) is 0. The third kappa shape index (κ3) is 3.33. The Morgan fingerprint density at radius 1 is 1.10 bits per heavy atom. The lowest BCUT2D eigenvalue weighted by molar-refractivity contribution is 0.298. The Morgan fingerprint density at radius 2 is 1.93 bits per heavy atom. The molecule has 0 saturated heterocycles. The van der Waals surface area contributed by atoms with Crippen molar-refractivity contribution in [2.75, 3.05) is 0 Å². The summed E-state index contributed by atoms with van der Waals surface area (Å²) in [5, 5.41) is 3.53. The van der Waals surface area contributed by atoms with Gasteiger partial charge in [0.05, 0.1) is 5.39 Å². The van der Waals surface area contributed by atoms with Gasteiger partial charge in [-0.2, -0.15) is 0 Å². The molecule has 30 heavy (non-hydrogen) atoms.